The molecule has 7 nitrogen and oxygen atoms in total. The molecule has 2 heterocycles. The van der Waals surface area contributed by atoms with Gasteiger partial charge in [0.1, 0.15) is 5.60 Å². The molecule has 7 heteroatoms. The number of nitrogens with zero attached hydrogens (tertiary/aromatic N) is 2. The van der Waals surface area contributed by atoms with Crippen molar-refractivity contribution in [2.24, 2.45) is 0 Å². The summed E-state index contributed by atoms with van der Waals surface area (Å²) in [5.74, 6) is 5.69. The number of piperazine rings is 1. The zero-order valence-electron chi connectivity index (χ0n) is 18.6. The van der Waals surface area contributed by atoms with Crippen molar-refractivity contribution in [1.29, 1.82) is 0 Å². The Bertz CT molecular complexity index is 869. The zero-order chi connectivity index (χ0) is 22.4. The summed E-state index contributed by atoms with van der Waals surface area (Å²) in [5.41, 5.74) is 1.35. The van der Waals surface area contributed by atoms with Crippen molar-refractivity contribution in [3.63, 3.8) is 0 Å². The van der Waals surface area contributed by atoms with E-state index in [9.17, 15) is 14.4 Å². The van der Waals surface area contributed by atoms with E-state index in [2.05, 4.69) is 22.1 Å². The van der Waals surface area contributed by atoms with Crippen LogP contribution in [-0.4, -0.2) is 66.0 Å². The van der Waals surface area contributed by atoms with Gasteiger partial charge in [0.15, 0.2) is 0 Å². The first-order valence-corrected chi connectivity index (χ1v) is 10.8. The molecule has 0 aromatic heterocycles. The fraction of sp³-hybridized carbons (Fsp3) is 0.542. The fourth-order valence-corrected chi connectivity index (χ4v) is 3.67. The van der Waals surface area contributed by atoms with Gasteiger partial charge in [-0.3, -0.25) is 19.8 Å². The summed E-state index contributed by atoms with van der Waals surface area (Å²) >= 11 is 0. The van der Waals surface area contributed by atoms with Crippen LogP contribution in [0, 0.1) is 11.8 Å². The lowest BCUT2D eigenvalue weighted by atomic mass is 9.90. The van der Waals surface area contributed by atoms with Crippen LogP contribution in [0.1, 0.15) is 57.1 Å². The molecule has 1 aromatic rings. The van der Waals surface area contributed by atoms with Crippen molar-refractivity contribution >= 4 is 17.9 Å². The van der Waals surface area contributed by atoms with Crippen LogP contribution < -0.4 is 5.32 Å². The van der Waals surface area contributed by atoms with Gasteiger partial charge >= 0.3 is 6.09 Å². The third-order valence-electron chi connectivity index (χ3n) is 5.36. The third-order valence-corrected chi connectivity index (χ3v) is 5.36. The predicted octanol–water partition coefficient (Wildman–Crippen LogP) is 2.50. The van der Waals surface area contributed by atoms with Gasteiger partial charge < -0.3 is 9.64 Å². The molecule has 0 aliphatic carbocycles. The van der Waals surface area contributed by atoms with Crippen LogP contribution >= 0.6 is 0 Å². The number of imide groups is 1. The molecule has 2 saturated heterocycles. The molecule has 0 bridgehead atoms. The lowest BCUT2D eigenvalue weighted by molar-refractivity contribution is -0.134. The van der Waals surface area contributed by atoms with Crippen molar-refractivity contribution < 1.29 is 19.1 Å². The summed E-state index contributed by atoms with van der Waals surface area (Å²) in [5, 5.41) is 2.40. The Hall–Kier alpha value is -2.85. The van der Waals surface area contributed by atoms with E-state index in [1.54, 1.807) is 4.90 Å². The number of carbonyl (C=O) groups excluding carboxylic acids is 3. The highest BCUT2D eigenvalue weighted by Crippen LogP contribution is 2.24. The van der Waals surface area contributed by atoms with Gasteiger partial charge in [-0.05, 0) is 44.9 Å². The number of carbonyl (C=O) groups is 3. The molecule has 1 N–H and O–H groups in total. The average molecular weight is 426 g/mol. The molecule has 31 heavy (non-hydrogen) atoms. The number of ether oxygens (including phenoxy) is 1. The van der Waals surface area contributed by atoms with E-state index in [1.165, 1.54) is 0 Å². The van der Waals surface area contributed by atoms with Crippen molar-refractivity contribution in [2.75, 3.05) is 32.7 Å². The Kier molecular flexibility index (Phi) is 7.34. The highest BCUT2D eigenvalue weighted by atomic mass is 16.6. The second kappa shape index (κ2) is 9.97. The maximum atomic E-state index is 12.1. The van der Waals surface area contributed by atoms with Gasteiger partial charge in [0.25, 0.3) is 0 Å². The normalized spacial score (nSPS) is 20.0. The van der Waals surface area contributed by atoms with Gasteiger partial charge in [-0.1, -0.05) is 24.0 Å². The Balaban J connectivity index is 1.41. The Morgan fingerprint density at radius 2 is 1.81 bits per heavy atom. The van der Waals surface area contributed by atoms with Crippen LogP contribution in [0.5, 0.6) is 0 Å². The minimum absolute atomic E-state index is 0.199. The van der Waals surface area contributed by atoms with Gasteiger partial charge in [0.05, 0.1) is 5.92 Å². The summed E-state index contributed by atoms with van der Waals surface area (Å²) in [4.78, 5) is 39.5. The molecule has 0 spiro atoms. The molecule has 1 atom stereocenters. The summed E-state index contributed by atoms with van der Waals surface area (Å²) < 4.78 is 5.43. The van der Waals surface area contributed by atoms with Crippen LogP contribution in [0.15, 0.2) is 24.3 Å². The lowest BCUT2D eigenvalue weighted by Crippen LogP contribution is -2.50. The van der Waals surface area contributed by atoms with Crippen LogP contribution in [0.25, 0.3) is 0 Å². The Labute approximate surface area is 184 Å². The quantitative estimate of drug-likeness (QED) is 0.595. The standard InChI is InChI=1S/C24H31N3O4/c1-24(2,3)31-23(30)27-16-14-26(15-17-27)13-5-4-6-18-7-9-19(10-8-18)20-11-12-21(28)25-22(20)29/h7-10,20H,5,11-17H2,1-3H3,(H,25,28,29)/t20-/m1/s1. The van der Waals surface area contributed by atoms with Crippen LogP contribution in [0.4, 0.5) is 4.79 Å². The number of amides is 3. The number of piperidine rings is 1. The number of benzene rings is 1. The molecule has 1 aromatic carbocycles. The monoisotopic (exact) mass is 425 g/mol. The first-order chi connectivity index (χ1) is 14.7. The molecular formula is C24H31N3O4. The summed E-state index contributed by atoms with van der Waals surface area (Å²) in [6.45, 7) is 9.48. The number of rotatable bonds is 3. The molecule has 2 aliphatic heterocycles. The molecule has 2 fully saturated rings. The fourth-order valence-electron chi connectivity index (χ4n) is 3.67. The highest BCUT2D eigenvalue weighted by molar-refractivity contribution is 6.00. The van der Waals surface area contributed by atoms with Gasteiger partial charge in [0.2, 0.25) is 11.8 Å². The van der Waals surface area contributed by atoms with E-state index >= 15 is 0 Å². The highest BCUT2D eigenvalue weighted by Gasteiger charge is 2.28. The number of hydrogen-bond acceptors (Lipinski definition) is 5. The number of hydrogen-bond donors (Lipinski definition) is 1. The smallest absolute Gasteiger partial charge is 0.410 e. The minimum atomic E-state index is -0.468. The first kappa shape index (κ1) is 22.8. The summed E-state index contributed by atoms with van der Waals surface area (Å²) in [6.07, 6.45) is 1.44. The second-order valence-electron chi connectivity index (χ2n) is 8.99. The summed E-state index contributed by atoms with van der Waals surface area (Å²) in [7, 11) is 0. The van der Waals surface area contributed by atoms with Gasteiger partial charge in [-0.15, -0.1) is 0 Å². The van der Waals surface area contributed by atoms with E-state index in [-0.39, 0.29) is 23.8 Å². The topological polar surface area (TPSA) is 79.0 Å². The van der Waals surface area contributed by atoms with Gasteiger partial charge in [-0.2, -0.15) is 0 Å². The first-order valence-electron chi connectivity index (χ1n) is 10.8. The van der Waals surface area contributed by atoms with E-state index < -0.39 is 5.60 Å². The SMILES string of the molecule is CC(C)(C)OC(=O)N1CCN(CCC#Cc2ccc([C@H]3CCC(=O)NC3=O)cc2)CC1. The molecule has 3 amide bonds. The maximum Gasteiger partial charge on any atom is 0.410 e. The Morgan fingerprint density at radius 3 is 2.42 bits per heavy atom. The molecule has 0 radical (unpaired) electrons. The van der Waals surface area contributed by atoms with Crippen molar-refractivity contribution in [3.05, 3.63) is 35.4 Å². The molecule has 3 rings (SSSR count). The third kappa shape index (κ3) is 6.83. The largest absolute Gasteiger partial charge is 0.444 e. The lowest BCUT2D eigenvalue weighted by Gasteiger charge is -2.35. The van der Waals surface area contributed by atoms with Crippen LogP contribution in [-0.2, 0) is 14.3 Å². The number of nitrogens with one attached hydrogen (secondary N) is 1. The minimum Gasteiger partial charge on any atom is -0.444 e. The van der Waals surface area contributed by atoms with Crippen molar-refractivity contribution in [2.45, 2.75) is 51.6 Å². The predicted molar refractivity (Wildman–Crippen MR) is 117 cm³/mol. The van der Waals surface area contributed by atoms with E-state index in [0.717, 1.165) is 37.2 Å². The molecule has 166 valence electrons. The van der Waals surface area contributed by atoms with Crippen LogP contribution in [0.3, 0.4) is 0 Å². The zero-order valence-corrected chi connectivity index (χ0v) is 18.6. The molecule has 2 aliphatic rings. The maximum absolute atomic E-state index is 12.1. The van der Waals surface area contributed by atoms with E-state index in [0.29, 0.717) is 25.9 Å². The average Bonchev–Trinajstić information content (AvgIpc) is 2.71. The van der Waals surface area contributed by atoms with Crippen LogP contribution in [0.2, 0.25) is 0 Å². The van der Waals surface area contributed by atoms with Gasteiger partial charge in [-0.25, -0.2) is 4.79 Å². The van der Waals surface area contributed by atoms with Gasteiger partial charge in [0, 0.05) is 51.1 Å². The summed E-state index contributed by atoms with van der Waals surface area (Å²) in [6, 6.07) is 7.68. The van der Waals surface area contributed by atoms with E-state index in [4.69, 9.17) is 4.74 Å². The molecule has 0 unspecified atom stereocenters. The van der Waals surface area contributed by atoms with Crippen molar-refractivity contribution in [3.8, 4) is 11.8 Å². The molecular weight excluding hydrogens is 394 g/mol. The Morgan fingerprint density at radius 1 is 1.13 bits per heavy atom. The second-order valence-corrected chi connectivity index (χ2v) is 8.99. The van der Waals surface area contributed by atoms with E-state index in [1.807, 2.05) is 45.0 Å². The van der Waals surface area contributed by atoms with Crippen molar-refractivity contribution in [1.82, 2.24) is 15.1 Å². The molecule has 0 saturated carbocycles.